The maximum absolute atomic E-state index is 8.41. The lowest BCUT2D eigenvalue weighted by atomic mass is 10.3. The number of nitrogens with zero attached hydrogens (tertiary/aromatic N) is 1. The van der Waals surface area contributed by atoms with Crippen LogP contribution in [0.1, 0.15) is 0 Å². The van der Waals surface area contributed by atoms with Gasteiger partial charge in [-0.05, 0) is 18.2 Å². The van der Waals surface area contributed by atoms with Crippen LogP contribution in [-0.2, 0) is 0 Å². The summed E-state index contributed by atoms with van der Waals surface area (Å²) in [6.45, 7) is 0.106. The number of hydrogen-bond donors (Lipinski definition) is 0. The van der Waals surface area contributed by atoms with E-state index in [0.29, 0.717) is 15.8 Å². The third-order valence-electron chi connectivity index (χ3n) is 1.37. The molecule has 0 saturated carbocycles. The van der Waals surface area contributed by atoms with E-state index >= 15 is 0 Å². The summed E-state index contributed by atoms with van der Waals surface area (Å²) in [6.07, 6.45) is 0. The summed E-state index contributed by atoms with van der Waals surface area (Å²) in [6, 6.07) is 6.65. The van der Waals surface area contributed by atoms with Crippen LogP contribution in [0.2, 0.25) is 10.0 Å². The first kappa shape index (κ1) is 11.5. The molecule has 5 heteroatoms. The van der Waals surface area contributed by atoms with Crippen LogP contribution in [0.15, 0.2) is 18.2 Å². The summed E-state index contributed by atoms with van der Waals surface area (Å²) in [5, 5.41) is 8.70. The Labute approximate surface area is 96.9 Å². The Bertz CT molecular complexity index is 341. The molecule has 2 nitrogen and oxygen atoms in total. The van der Waals surface area contributed by atoms with Gasteiger partial charge in [-0.1, -0.05) is 23.2 Å². The predicted octanol–water partition coefficient (Wildman–Crippen LogP) is 3.50. The molecule has 0 aliphatic rings. The van der Waals surface area contributed by atoms with E-state index < -0.39 is 5.38 Å². The molecule has 1 atom stereocenters. The molecule has 0 bridgehead atoms. The molecule has 14 heavy (non-hydrogen) atoms. The maximum atomic E-state index is 8.41. The van der Waals surface area contributed by atoms with E-state index in [-0.39, 0.29) is 6.61 Å². The van der Waals surface area contributed by atoms with Crippen molar-refractivity contribution in [2.45, 2.75) is 5.38 Å². The van der Waals surface area contributed by atoms with Gasteiger partial charge in [0.15, 0.2) is 5.38 Å². The molecule has 0 aliphatic carbocycles. The first-order valence-corrected chi connectivity index (χ1v) is 4.93. The van der Waals surface area contributed by atoms with Gasteiger partial charge in [-0.2, -0.15) is 5.26 Å². The van der Waals surface area contributed by atoms with Crippen LogP contribution >= 0.6 is 34.8 Å². The lowest BCUT2D eigenvalue weighted by Crippen LogP contribution is -2.08. The second-order valence-electron chi connectivity index (χ2n) is 2.51. The van der Waals surface area contributed by atoms with Crippen molar-refractivity contribution in [1.29, 1.82) is 5.26 Å². The Hall–Kier alpha value is -0.620. The first-order chi connectivity index (χ1) is 6.61. The molecule has 0 fully saturated rings. The fourth-order valence-corrected chi connectivity index (χ4v) is 1.39. The van der Waals surface area contributed by atoms with Crippen LogP contribution in [0.25, 0.3) is 0 Å². The number of hydrogen-bond acceptors (Lipinski definition) is 2. The van der Waals surface area contributed by atoms with E-state index in [2.05, 4.69) is 0 Å². The molecule has 0 N–H and O–H groups in total. The zero-order chi connectivity index (χ0) is 10.6. The zero-order valence-corrected chi connectivity index (χ0v) is 9.27. The van der Waals surface area contributed by atoms with Crippen molar-refractivity contribution in [2.75, 3.05) is 6.61 Å². The Morgan fingerprint density at radius 3 is 2.36 bits per heavy atom. The van der Waals surface area contributed by atoms with E-state index in [9.17, 15) is 0 Å². The van der Waals surface area contributed by atoms with E-state index in [4.69, 9.17) is 44.8 Å². The normalized spacial score (nSPS) is 11.9. The third kappa shape index (κ3) is 3.63. The molecule has 1 rings (SSSR count). The predicted molar refractivity (Wildman–Crippen MR) is 57.2 cm³/mol. The molecule has 1 aromatic rings. The second kappa shape index (κ2) is 5.31. The van der Waals surface area contributed by atoms with Crippen molar-refractivity contribution in [3.05, 3.63) is 28.2 Å². The van der Waals surface area contributed by atoms with Gasteiger partial charge in [0.2, 0.25) is 0 Å². The molecule has 0 aromatic heterocycles. The monoisotopic (exact) mass is 249 g/mol. The van der Waals surface area contributed by atoms with E-state index in [0.717, 1.165) is 0 Å². The van der Waals surface area contributed by atoms with Crippen molar-refractivity contribution in [2.24, 2.45) is 0 Å². The molecule has 0 aliphatic heterocycles. The summed E-state index contributed by atoms with van der Waals surface area (Å²) in [5.74, 6) is 0.503. The quantitative estimate of drug-likeness (QED) is 0.769. The van der Waals surface area contributed by atoms with Gasteiger partial charge in [0, 0.05) is 10.0 Å². The van der Waals surface area contributed by atoms with Gasteiger partial charge in [-0.15, -0.1) is 11.6 Å². The van der Waals surface area contributed by atoms with Crippen LogP contribution in [0, 0.1) is 11.3 Å². The van der Waals surface area contributed by atoms with Crippen LogP contribution < -0.4 is 4.74 Å². The largest absolute Gasteiger partial charge is 0.491 e. The number of rotatable bonds is 3. The summed E-state index contributed by atoms with van der Waals surface area (Å²) in [4.78, 5) is 0. The van der Waals surface area contributed by atoms with Crippen molar-refractivity contribution < 1.29 is 4.74 Å². The van der Waals surface area contributed by atoms with Gasteiger partial charge < -0.3 is 4.74 Å². The molecule has 1 unspecified atom stereocenters. The van der Waals surface area contributed by atoms with Crippen molar-refractivity contribution in [3.8, 4) is 11.8 Å². The maximum Gasteiger partial charge on any atom is 0.154 e. The lowest BCUT2D eigenvalue weighted by molar-refractivity contribution is 0.329. The standard InChI is InChI=1S/C9H6Cl3NO/c10-6-1-7(11)3-9(2-6)14-5-8(12)4-13/h1-3,8H,5H2. The van der Waals surface area contributed by atoms with Crippen LogP contribution in [-0.4, -0.2) is 12.0 Å². The zero-order valence-electron chi connectivity index (χ0n) is 7.01. The minimum Gasteiger partial charge on any atom is -0.491 e. The van der Waals surface area contributed by atoms with Gasteiger partial charge in [0.25, 0.3) is 0 Å². The topological polar surface area (TPSA) is 33.0 Å². The summed E-state index contributed by atoms with van der Waals surface area (Å²) in [5.41, 5.74) is 0. The Kier molecular flexibility index (Phi) is 4.34. The second-order valence-corrected chi connectivity index (χ2v) is 3.91. The number of ether oxygens (including phenoxy) is 1. The molecular weight excluding hydrogens is 244 g/mol. The molecule has 0 saturated heterocycles. The van der Waals surface area contributed by atoms with Crippen molar-refractivity contribution in [3.63, 3.8) is 0 Å². The molecule has 1 aromatic carbocycles. The van der Waals surface area contributed by atoms with E-state index in [1.165, 1.54) is 0 Å². The highest BCUT2D eigenvalue weighted by Gasteiger charge is 2.04. The Balaban J connectivity index is 2.64. The van der Waals surface area contributed by atoms with Gasteiger partial charge in [0.05, 0.1) is 6.07 Å². The highest BCUT2D eigenvalue weighted by atomic mass is 35.5. The molecule has 0 spiro atoms. The molecular formula is C9H6Cl3NO. The minimum absolute atomic E-state index is 0.106. The average molecular weight is 251 g/mol. The minimum atomic E-state index is -0.673. The van der Waals surface area contributed by atoms with Gasteiger partial charge in [-0.3, -0.25) is 0 Å². The summed E-state index contributed by atoms with van der Waals surface area (Å²) in [7, 11) is 0. The Morgan fingerprint density at radius 2 is 1.86 bits per heavy atom. The first-order valence-electron chi connectivity index (χ1n) is 3.74. The molecule has 0 radical (unpaired) electrons. The van der Waals surface area contributed by atoms with Crippen LogP contribution in [0.5, 0.6) is 5.75 Å². The summed E-state index contributed by atoms with van der Waals surface area (Å²) >= 11 is 17.0. The fraction of sp³-hybridized carbons (Fsp3) is 0.222. The van der Waals surface area contributed by atoms with Crippen molar-refractivity contribution >= 4 is 34.8 Å². The molecule has 0 heterocycles. The number of halogens is 3. The smallest absolute Gasteiger partial charge is 0.154 e. The van der Waals surface area contributed by atoms with Gasteiger partial charge >= 0.3 is 0 Å². The summed E-state index contributed by atoms with van der Waals surface area (Å²) < 4.78 is 5.20. The highest BCUT2D eigenvalue weighted by molar-refractivity contribution is 6.34. The highest BCUT2D eigenvalue weighted by Crippen LogP contribution is 2.24. The van der Waals surface area contributed by atoms with E-state index in [1.807, 2.05) is 6.07 Å². The fourth-order valence-electron chi connectivity index (χ4n) is 0.819. The number of nitriles is 1. The van der Waals surface area contributed by atoms with Crippen LogP contribution in [0.3, 0.4) is 0 Å². The van der Waals surface area contributed by atoms with Crippen LogP contribution in [0.4, 0.5) is 0 Å². The molecule has 0 amide bonds. The van der Waals surface area contributed by atoms with E-state index in [1.54, 1.807) is 18.2 Å². The van der Waals surface area contributed by atoms with Gasteiger partial charge in [0.1, 0.15) is 12.4 Å². The lowest BCUT2D eigenvalue weighted by Gasteiger charge is -2.06. The number of benzene rings is 1. The average Bonchev–Trinajstić information content (AvgIpc) is 2.12. The SMILES string of the molecule is N#CC(Cl)COc1cc(Cl)cc(Cl)c1. The third-order valence-corrected chi connectivity index (χ3v) is 2.03. The number of alkyl halides is 1. The van der Waals surface area contributed by atoms with Gasteiger partial charge in [-0.25, -0.2) is 0 Å². The molecule has 74 valence electrons. The van der Waals surface area contributed by atoms with Crippen molar-refractivity contribution in [1.82, 2.24) is 0 Å². The Morgan fingerprint density at radius 1 is 1.29 bits per heavy atom.